The third-order valence-corrected chi connectivity index (χ3v) is 4.85. The molecule has 1 amide bonds. The van der Waals surface area contributed by atoms with Gasteiger partial charge in [-0.15, -0.1) is 0 Å². The van der Waals surface area contributed by atoms with Crippen molar-refractivity contribution in [3.63, 3.8) is 0 Å². The van der Waals surface area contributed by atoms with E-state index < -0.39 is 5.60 Å². The van der Waals surface area contributed by atoms with Gasteiger partial charge in [0.2, 0.25) is 0 Å². The van der Waals surface area contributed by atoms with E-state index in [9.17, 15) is 14.7 Å². The van der Waals surface area contributed by atoms with Gasteiger partial charge < -0.3 is 20.3 Å². The van der Waals surface area contributed by atoms with Crippen molar-refractivity contribution in [3.8, 4) is 0 Å². The molecule has 2 heterocycles. The first-order valence-corrected chi connectivity index (χ1v) is 8.40. The quantitative estimate of drug-likeness (QED) is 0.755. The summed E-state index contributed by atoms with van der Waals surface area (Å²) in [5.41, 5.74) is -1.44. The van der Waals surface area contributed by atoms with Crippen LogP contribution in [0.1, 0.15) is 44.9 Å². The SMILES string of the molecule is O=C(N[C@H]1CCCN(c2ncc[nH]c2=O)C1)C1(O)CCCCC1. The third kappa shape index (κ3) is 3.55. The number of nitrogens with one attached hydrogen (secondary N) is 2. The van der Waals surface area contributed by atoms with Gasteiger partial charge in [-0.1, -0.05) is 19.3 Å². The monoisotopic (exact) mass is 320 g/mol. The first kappa shape index (κ1) is 16.0. The van der Waals surface area contributed by atoms with Crippen LogP contribution in [0.15, 0.2) is 17.2 Å². The van der Waals surface area contributed by atoms with Crippen LogP contribution in [-0.4, -0.2) is 45.7 Å². The summed E-state index contributed by atoms with van der Waals surface area (Å²) >= 11 is 0. The molecule has 126 valence electrons. The minimum atomic E-state index is -1.22. The van der Waals surface area contributed by atoms with Gasteiger partial charge in [0.25, 0.3) is 11.5 Å². The van der Waals surface area contributed by atoms with Crippen molar-refractivity contribution in [2.75, 3.05) is 18.0 Å². The Labute approximate surface area is 135 Å². The molecule has 1 saturated carbocycles. The van der Waals surface area contributed by atoms with Crippen LogP contribution in [0.3, 0.4) is 0 Å². The zero-order valence-electron chi connectivity index (χ0n) is 13.3. The van der Waals surface area contributed by atoms with E-state index in [2.05, 4.69) is 15.3 Å². The first-order chi connectivity index (χ1) is 11.1. The fourth-order valence-corrected chi connectivity index (χ4v) is 3.54. The number of aromatic nitrogens is 2. The van der Waals surface area contributed by atoms with Crippen LogP contribution in [0.25, 0.3) is 0 Å². The molecule has 1 aromatic rings. The molecule has 3 rings (SSSR count). The highest BCUT2D eigenvalue weighted by atomic mass is 16.3. The molecule has 3 N–H and O–H groups in total. The van der Waals surface area contributed by atoms with Gasteiger partial charge in [0.15, 0.2) is 5.82 Å². The van der Waals surface area contributed by atoms with Crippen molar-refractivity contribution in [2.45, 2.75) is 56.6 Å². The summed E-state index contributed by atoms with van der Waals surface area (Å²) in [4.78, 5) is 33.0. The number of carbonyl (C=O) groups is 1. The summed E-state index contributed by atoms with van der Waals surface area (Å²) in [5.74, 6) is 0.127. The van der Waals surface area contributed by atoms with Gasteiger partial charge in [-0.05, 0) is 25.7 Å². The molecule has 0 bridgehead atoms. The molecule has 2 aliphatic rings. The number of aromatic amines is 1. The second-order valence-corrected chi connectivity index (χ2v) is 6.59. The Morgan fingerprint density at radius 1 is 1.35 bits per heavy atom. The lowest BCUT2D eigenvalue weighted by Gasteiger charge is -2.36. The zero-order valence-corrected chi connectivity index (χ0v) is 13.3. The van der Waals surface area contributed by atoms with E-state index >= 15 is 0 Å². The smallest absolute Gasteiger partial charge is 0.290 e. The summed E-state index contributed by atoms with van der Waals surface area (Å²) in [6, 6.07) is -0.0661. The van der Waals surface area contributed by atoms with Crippen molar-refractivity contribution in [2.24, 2.45) is 0 Å². The van der Waals surface area contributed by atoms with Crippen LogP contribution in [0.2, 0.25) is 0 Å². The molecule has 0 unspecified atom stereocenters. The van der Waals surface area contributed by atoms with Gasteiger partial charge in [-0.2, -0.15) is 0 Å². The number of aliphatic hydroxyl groups is 1. The van der Waals surface area contributed by atoms with Gasteiger partial charge in [0.05, 0.1) is 0 Å². The predicted molar refractivity (Wildman–Crippen MR) is 86.3 cm³/mol. The van der Waals surface area contributed by atoms with Crippen LogP contribution in [0.5, 0.6) is 0 Å². The Balaban J connectivity index is 1.64. The minimum Gasteiger partial charge on any atom is -0.380 e. The van der Waals surface area contributed by atoms with Crippen molar-refractivity contribution < 1.29 is 9.90 Å². The van der Waals surface area contributed by atoms with E-state index in [0.29, 0.717) is 25.2 Å². The van der Waals surface area contributed by atoms with Crippen LogP contribution >= 0.6 is 0 Å². The van der Waals surface area contributed by atoms with E-state index in [4.69, 9.17) is 0 Å². The molecule has 0 aromatic carbocycles. The number of hydrogen-bond donors (Lipinski definition) is 3. The largest absolute Gasteiger partial charge is 0.380 e. The normalized spacial score (nSPS) is 24.2. The maximum atomic E-state index is 12.4. The Bertz CT molecular complexity index is 609. The Hall–Kier alpha value is -1.89. The molecule has 0 radical (unpaired) electrons. The highest BCUT2D eigenvalue weighted by molar-refractivity contribution is 5.85. The van der Waals surface area contributed by atoms with Crippen molar-refractivity contribution in [1.82, 2.24) is 15.3 Å². The second kappa shape index (κ2) is 6.70. The highest BCUT2D eigenvalue weighted by Crippen LogP contribution is 2.28. The number of amides is 1. The van der Waals surface area contributed by atoms with Crippen LogP contribution in [0, 0.1) is 0 Å². The summed E-state index contributed by atoms with van der Waals surface area (Å²) in [6.45, 7) is 1.29. The van der Waals surface area contributed by atoms with E-state index in [-0.39, 0.29) is 17.5 Å². The lowest BCUT2D eigenvalue weighted by molar-refractivity contribution is -0.143. The topological polar surface area (TPSA) is 98.3 Å². The minimum absolute atomic E-state index is 0.0661. The number of piperidine rings is 1. The Morgan fingerprint density at radius 3 is 2.87 bits per heavy atom. The number of anilines is 1. The van der Waals surface area contributed by atoms with Crippen molar-refractivity contribution in [3.05, 3.63) is 22.7 Å². The number of H-pyrrole nitrogens is 1. The molecule has 1 aliphatic heterocycles. The lowest BCUT2D eigenvalue weighted by Crippen LogP contribution is -2.55. The zero-order chi connectivity index (χ0) is 16.3. The molecule has 7 nitrogen and oxygen atoms in total. The number of carbonyl (C=O) groups excluding carboxylic acids is 1. The van der Waals surface area contributed by atoms with Crippen molar-refractivity contribution >= 4 is 11.7 Å². The van der Waals surface area contributed by atoms with Crippen molar-refractivity contribution in [1.29, 1.82) is 0 Å². The van der Waals surface area contributed by atoms with Gasteiger partial charge in [0, 0.05) is 31.5 Å². The highest BCUT2D eigenvalue weighted by Gasteiger charge is 2.38. The molecule has 0 spiro atoms. The molecule has 1 atom stereocenters. The fourth-order valence-electron chi connectivity index (χ4n) is 3.54. The maximum Gasteiger partial charge on any atom is 0.290 e. The molecule has 23 heavy (non-hydrogen) atoms. The fraction of sp³-hybridized carbons (Fsp3) is 0.688. The van der Waals surface area contributed by atoms with E-state index in [1.54, 1.807) is 6.20 Å². The molecular weight excluding hydrogens is 296 g/mol. The van der Waals surface area contributed by atoms with Crippen LogP contribution < -0.4 is 15.8 Å². The third-order valence-electron chi connectivity index (χ3n) is 4.85. The Kier molecular flexibility index (Phi) is 4.66. The standard InChI is InChI=1S/C16H24N4O3/c21-14-13(17-8-9-18-14)20-10-4-5-12(11-20)19-15(22)16(23)6-2-1-3-7-16/h8-9,12,23H,1-7,10-11H2,(H,18,21)(H,19,22)/t12-/m0/s1. The molecule has 7 heteroatoms. The molecular formula is C16H24N4O3. The molecule has 1 saturated heterocycles. The number of nitrogens with zero attached hydrogens (tertiary/aromatic N) is 2. The summed E-state index contributed by atoms with van der Waals surface area (Å²) in [5, 5.41) is 13.5. The summed E-state index contributed by atoms with van der Waals surface area (Å²) in [6.07, 6.45) is 8.73. The predicted octanol–water partition coefficient (Wildman–Crippen LogP) is 0.550. The second-order valence-electron chi connectivity index (χ2n) is 6.59. The summed E-state index contributed by atoms with van der Waals surface area (Å²) < 4.78 is 0. The lowest BCUT2D eigenvalue weighted by atomic mass is 9.84. The number of rotatable bonds is 3. The van der Waals surface area contributed by atoms with E-state index in [0.717, 1.165) is 38.6 Å². The van der Waals surface area contributed by atoms with Gasteiger partial charge in [0.1, 0.15) is 5.60 Å². The molecule has 2 fully saturated rings. The van der Waals surface area contributed by atoms with Gasteiger partial charge >= 0.3 is 0 Å². The summed E-state index contributed by atoms with van der Waals surface area (Å²) in [7, 11) is 0. The maximum absolute atomic E-state index is 12.4. The average Bonchev–Trinajstić information content (AvgIpc) is 2.56. The van der Waals surface area contributed by atoms with E-state index in [1.807, 2.05) is 4.90 Å². The van der Waals surface area contributed by atoms with Crippen LogP contribution in [-0.2, 0) is 4.79 Å². The first-order valence-electron chi connectivity index (χ1n) is 8.40. The van der Waals surface area contributed by atoms with Gasteiger partial charge in [-0.25, -0.2) is 4.98 Å². The molecule has 1 aliphatic carbocycles. The van der Waals surface area contributed by atoms with E-state index in [1.165, 1.54) is 6.20 Å². The Morgan fingerprint density at radius 2 is 2.13 bits per heavy atom. The van der Waals surface area contributed by atoms with Crippen LogP contribution in [0.4, 0.5) is 5.82 Å². The average molecular weight is 320 g/mol. The molecule has 1 aromatic heterocycles. The number of hydrogen-bond acceptors (Lipinski definition) is 5. The van der Waals surface area contributed by atoms with Gasteiger partial charge in [-0.3, -0.25) is 9.59 Å².